The number of carbonyl (C=O) groups excluding carboxylic acids is 1. The first-order valence-electron chi connectivity index (χ1n) is 10.2. The minimum atomic E-state index is -0.918. The summed E-state index contributed by atoms with van der Waals surface area (Å²) in [7, 11) is 0. The van der Waals surface area contributed by atoms with Gasteiger partial charge in [-0.3, -0.25) is 4.79 Å². The lowest BCUT2D eigenvalue weighted by molar-refractivity contribution is -0.116. The molecule has 1 atom stereocenters. The number of rotatable bonds is 18. The van der Waals surface area contributed by atoms with Crippen molar-refractivity contribution in [2.24, 2.45) is 0 Å². The van der Waals surface area contributed by atoms with Crippen LogP contribution in [0.3, 0.4) is 0 Å². The second-order valence-electron chi connectivity index (χ2n) is 6.94. The summed E-state index contributed by atoms with van der Waals surface area (Å²) in [6.45, 7) is 1.92. The van der Waals surface area contributed by atoms with Crippen molar-refractivity contribution < 1.29 is 15.0 Å². The van der Waals surface area contributed by atoms with Crippen molar-refractivity contribution in [3.05, 3.63) is 12.2 Å². The number of hydrogen-bond donors (Lipinski definition) is 2. The lowest BCUT2D eigenvalue weighted by Gasteiger charge is -2.03. The van der Waals surface area contributed by atoms with E-state index in [4.69, 9.17) is 10.2 Å². The van der Waals surface area contributed by atoms with Crippen LogP contribution < -0.4 is 0 Å². The van der Waals surface area contributed by atoms with Gasteiger partial charge in [0.25, 0.3) is 0 Å². The minimum Gasteiger partial charge on any atom is -0.394 e. The highest BCUT2D eigenvalue weighted by atomic mass is 16.3. The van der Waals surface area contributed by atoms with E-state index in [0.29, 0.717) is 0 Å². The Kier molecular flexibility index (Phi) is 18.1. The highest BCUT2D eigenvalue weighted by molar-refractivity contribution is 5.89. The molecule has 3 nitrogen and oxygen atoms in total. The maximum absolute atomic E-state index is 11.4. The molecule has 0 aromatic heterocycles. The van der Waals surface area contributed by atoms with Gasteiger partial charge in [-0.15, -0.1) is 0 Å². The SMILES string of the molecule is CCCCCCCCCCCCCCC/C=C/C(=O)CC(O)CO. The van der Waals surface area contributed by atoms with E-state index in [2.05, 4.69) is 6.92 Å². The number of carbonyl (C=O) groups is 1. The van der Waals surface area contributed by atoms with Crippen molar-refractivity contribution in [3.63, 3.8) is 0 Å². The molecule has 0 fully saturated rings. The second-order valence-corrected chi connectivity index (χ2v) is 6.94. The molecular formula is C21H40O3. The monoisotopic (exact) mass is 340 g/mol. The van der Waals surface area contributed by atoms with Gasteiger partial charge >= 0.3 is 0 Å². The molecule has 0 aliphatic rings. The summed E-state index contributed by atoms with van der Waals surface area (Å²) in [6, 6.07) is 0. The standard InChI is InChI=1S/C21H40O3/c1-2-3-4-5-6-7-8-9-10-11-12-13-14-15-16-17-20(23)18-21(24)19-22/h16-17,21-22,24H,2-15,18-19H2,1H3/b17-16+. The van der Waals surface area contributed by atoms with Crippen molar-refractivity contribution in [1.29, 1.82) is 0 Å². The predicted molar refractivity (Wildman–Crippen MR) is 102 cm³/mol. The van der Waals surface area contributed by atoms with Crippen LogP contribution in [0.4, 0.5) is 0 Å². The summed E-state index contributed by atoms with van der Waals surface area (Å²) in [4.78, 5) is 11.4. The van der Waals surface area contributed by atoms with Crippen LogP contribution in [0.15, 0.2) is 12.2 Å². The van der Waals surface area contributed by atoms with Crippen molar-refractivity contribution in [3.8, 4) is 0 Å². The molecule has 0 bridgehead atoms. The van der Waals surface area contributed by atoms with Crippen LogP contribution in [-0.2, 0) is 4.79 Å². The van der Waals surface area contributed by atoms with E-state index in [1.165, 1.54) is 77.0 Å². The Morgan fingerprint density at radius 1 is 0.833 bits per heavy atom. The first-order chi connectivity index (χ1) is 11.7. The third kappa shape index (κ3) is 17.7. The lowest BCUT2D eigenvalue weighted by atomic mass is 10.0. The molecule has 24 heavy (non-hydrogen) atoms. The smallest absolute Gasteiger partial charge is 0.158 e. The highest BCUT2D eigenvalue weighted by Crippen LogP contribution is 2.13. The molecule has 0 spiro atoms. The molecule has 0 heterocycles. The summed E-state index contributed by atoms with van der Waals surface area (Å²) in [5.74, 6) is -0.105. The van der Waals surface area contributed by atoms with E-state index < -0.39 is 6.10 Å². The zero-order valence-electron chi connectivity index (χ0n) is 15.8. The summed E-state index contributed by atoms with van der Waals surface area (Å²) in [6.07, 6.45) is 21.0. The Balaban J connectivity index is 3.21. The van der Waals surface area contributed by atoms with Gasteiger partial charge in [0.2, 0.25) is 0 Å². The van der Waals surface area contributed by atoms with Gasteiger partial charge < -0.3 is 10.2 Å². The number of aliphatic hydroxyl groups excluding tert-OH is 2. The van der Waals surface area contributed by atoms with Crippen molar-refractivity contribution in [1.82, 2.24) is 0 Å². The van der Waals surface area contributed by atoms with E-state index in [0.717, 1.165) is 12.8 Å². The van der Waals surface area contributed by atoms with Gasteiger partial charge in [0, 0.05) is 6.42 Å². The average Bonchev–Trinajstić information content (AvgIpc) is 2.58. The van der Waals surface area contributed by atoms with E-state index >= 15 is 0 Å². The quantitative estimate of drug-likeness (QED) is 0.262. The fourth-order valence-corrected chi connectivity index (χ4v) is 2.86. The molecule has 3 heteroatoms. The number of aliphatic hydroxyl groups is 2. The van der Waals surface area contributed by atoms with Gasteiger partial charge in [-0.25, -0.2) is 0 Å². The molecule has 0 saturated heterocycles. The van der Waals surface area contributed by atoms with Crippen LogP contribution in [-0.4, -0.2) is 28.7 Å². The van der Waals surface area contributed by atoms with Crippen LogP contribution in [0.25, 0.3) is 0 Å². The van der Waals surface area contributed by atoms with E-state index in [1.54, 1.807) is 6.08 Å². The maximum Gasteiger partial charge on any atom is 0.158 e. The van der Waals surface area contributed by atoms with Crippen LogP contribution in [0.5, 0.6) is 0 Å². The van der Waals surface area contributed by atoms with Gasteiger partial charge in [-0.2, -0.15) is 0 Å². The van der Waals surface area contributed by atoms with Crippen LogP contribution in [0, 0.1) is 0 Å². The molecule has 0 radical (unpaired) electrons. The van der Waals surface area contributed by atoms with Gasteiger partial charge in [-0.1, -0.05) is 90.0 Å². The van der Waals surface area contributed by atoms with Gasteiger partial charge in [0.15, 0.2) is 5.78 Å². The Hall–Kier alpha value is -0.670. The van der Waals surface area contributed by atoms with Crippen LogP contribution in [0.2, 0.25) is 0 Å². The van der Waals surface area contributed by atoms with Crippen molar-refractivity contribution in [2.45, 2.75) is 109 Å². The summed E-state index contributed by atoms with van der Waals surface area (Å²) in [5.41, 5.74) is 0. The number of hydrogen-bond acceptors (Lipinski definition) is 3. The third-order valence-electron chi connectivity index (χ3n) is 4.43. The molecule has 142 valence electrons. The summed E-state index contributed by atoms with van der Waals surface area (Å²) < 4.78 is 0. The summed E-state index contributed by atoms with van der Waals surface area (Å²) >= 11 is 0. The Bertz CT molecular complexity index is 299. The molecule has 0 aliphatic heterocycles. The van der Waals surface area contributed by atoms with Crippen molar-refractivity contribution in [2.75, 3.05) is 6.61 Å². The first-order valence-corrected chi connectivity index (χ1v) is 10.2. The van der Waals surface area contributed by atoms with Crippen LogP contribution in [0.1, 0.15) is 103 Å². The Morgan fingerprint density at radius 2 is 1.29 bits per heavy atom. The predicted octanol–water partition coefficient (Wildman–Crippen LogP) is 5.34. The van der Waals surface area contributed by atoms with Gasteiger partial charge in [0.05, 0.1) is 12.7 Å². The topological polar surface area (TPSA) is 57.5 Å². The Morgan fingerprint density at radius 3 is 1.75 bits per heavy atom. The Labute approximate surface area is 149 Å². The first kappa shape index (κ1) is 23.3. The van der Waals surface area contributed by atoms with Gasteiger partial charge in [0.1, 0.15) is 0 Å². The normalized spacial score (nSPS) is 12.8. The van der Waals surface area contributed by atoms with E-state index in [9.17, 15) is 4.79 Å². The average molecular weight is 341 g/mol. The third-order valence-corrected chi connectivity index (χ3v) is 4.43. The highest BCUT2D eigenvalue weighted by Gasteiger charge is 2.05. The zero-order chi connectivity index (χ0) is 17.9. The van der Waals surface area contributed by atoms with Gasteiger partial charge in [-0.05, 0) is 18.9 Å². The minimum absolute atomic E-state index is 0.0194. The molecule has 0 aromatic carbocycles. The van der Waals surface area contributed by atoms with E-state index in [-0.39, 0.29) is 18.8 Å². The number of ketones is 1. The fraction of sp³-hybridized carbons (Fsp3) is 0.857. The number of unbranched alkanes of at least 4 members (excludes halogenated alkanes) is 13. The second kappa shape index (κ2) is 18.7. The molecule has 0 amide bonds. The molecule has 1 unspecified atom stereocenters. The lowest BCUT2D eigenvalue weighted by Crippen LogP contribution is -2.15. The fourth-order valence-electron chi connectivity index (χ4n) is 2.86. The number of allylic oxidation sites excluding steroid dienone is 2. The maximum atomic E-state index is 11.4. The zero-order valence-corrected chi connectivity index (χ0v) is 15.8. The van der Waals surface area contributed by atoms with Crippen molar-refractivity contribution >= 4 is 5.78 Å². The molecule has 0 rings (SSSR count). The largest absolute Gasteiger partial charge is 0.394 e. The molecule has 2 N–H and O–H groups in total. The van der Waals surface area contributed by atoms with E-state index in [1.807, 2.05) is 6.08 Å². The molecular weight excluding hydrogens is 300 g/mol. The van der Waals surface area contributed by atoms with Crippen LogP contribution >= 0.6 is 0 Å². The summed E-state index contributed by atoms with van der Waals surface area (Å²) in [5, 5.41) is 17.8. The molecule has 0 aliphatic carbocycles. The molecule has 0 aromatic rings. The molecule has 0 saturated carbocycles.